The average Bonchev–Trinajstić information content (AvgIpc) is 2.51. The molecule has 1 heterocycles. The molecular weight excluding hydrogens is 210 g/mol. The summed E-state index contributed by atoms with van der Waals surface area (Å²) in [6.07, 6.45) is 1.14. The minimum absolute atomic E-state index is 0.460. The molecule has 0 aromatic heterocycles. The highest BCUT2D eigenvalue weighted by Crippen LogP contribution is 2.23. The van der Waals surface area contributed by atoms with Crippen molar-refractivity contribution in [1.82, 2.24) is 5.32 Å². The van der Waals surface area contributed by atoms with Crippen LogP contribution in [0.2, 0.25) is 0 Å². The lowest BCUT2D eigenvalue weighted by molar-refractivity contribution is 0.575. The largest absolute Gasteiger partial charge is 0.365 e. The van der Waals surface area contributed by atoms with E-state index in [0.29, 0.717) is 12.1 Å². The SMILES string of the molecule is CC1CCNCC(C)N1c1cccc(C#N)c1. The van der Waals surface area contributed by atoms with Crippen LogP contribution in [-0.4, -0.2) is 25.2 Å². The molecule has 3 nitrogen and oxygen atoms in total. The van der Waals surface area contributed by atoms with Crippen LogP contribution in [-0.2, 0) is 0 Å². The van der Waals surface area contributed by atoms with E-state index in [1.165, 1.54) is 0 Å². The second-order valence-corrected chi connectivity index (χ2v) is 4.76. The lowest BCUT2D eigenvalue weighted by Crippen LogP contribution is -2.41. The van der Waals surface area contributed by atoms with Crippen molar-refractivity contribution in [2.75, 3.05) is 18.0 Å². The normalized spacial score (nSPS) is 25.1. The van der Waals surface area contributed by atoms with Crippen LogP contribution in [0, 0.1) is 11.3 Å². The number of benzene rings is 1. The predicted octanol–water partition coefficient (Wildman–Crippen LogP) is 2.13. The average molecular weight is 229 g/mol. The van der Waals surface area contributed by atoms with Crippen molar-refractivity contribution in [2.45, 2.75) is 32.4 Å². The van der Waals surface area contributed by atoms with E-state index >= 15 is 0 Å². The Kier molecular flexibility index (Phi) is 3.65. The maximum Gasteiger partial charge on any atom is 0.0992 e. The second kappa shape index (κ2) is 5.20. The highest BCUT2D eigenvalue weighted by molar-refractivity contribution is 5.53. The van der Waals surface area contributed by atoms with Gasteiger partial charge >= 0.3 is 0 Å². The maximum absolute atomic E-state index is 8.97. The van der Waals surface area contributed by atoms with Gasteiger partial charge < -0.3 is 10.2 Å². The zero-order chi connectivity index (χ0) is 12.3. The van der Waals surface area contributed by atoms with Crippen molar-refractivity contribution in [3.63, 3.8) is 0 Å². The number of rotatable bonds is 1. The molecule has 0 bridgehead atoms. The molecule has 0 saturated carbocycles. The van der Waals surface area contributed by atoms with Crippen molar-refractivity contribution in [2.24, 2.45) is 0 Å². The summed E-state index contributed by atoms with van der Waals surface area (Å²) < 4.78 is 0. The quantitative estimate of drug-likeness (QED) is 0.802. The number of hydrogen-bond acceptors (Lipinski definition) is 3. The van der Waals surface area contributed by atoms with Crippen LogP contribution in [0.15, 0.2) is 24.3 Å². The molecule has 17 heavy (non-hydrogen) atoms. The number of anilines is 1. The van der Waals surface area contributed by atoms with Crippen LogP contribution < -0.4 is 10.2 Å². The summed E-state index contributed by atoms with van der Waals surface area (Å²) in [5, 5.41) is 12.4. The summed E-state index contributed by atoms with van der Waals surface area (Å²) in [4.78, 5) is 2.42. The van der Waals surface area contributed by atoms with Gasteiger partial charge in [0.15, 0.2) is 0 Å². The molecule has 1 aromatic carbocycles. The van der Waals surface area contributed by atoms with Gasteiger partial charge in [-0.3, -0.25) is 0 Å². The first-order valence-corrected chi connectivity index (χ1v) is 6.21. The van der Waals surface area contributed by atoms with E-state index in [1.54, 1.807) is 0 Å². The van der Waals surface area contributed by atoms with Crippen molar-refractivity contribution in [1.29, 1.82) is 5.26 Å². The summed E-state index contributed by atoms with van der Waals surface area (Å²) >= 11 is 0. The highest BCUT2D eigenvalue weighted by atomic mass is 15.2. The Bertz CT molecular complexity index is 410. The minimum atomic E-state index is 0.460. The second-order valence-electron chi connectivity index (χ2n) is 4.76. The smallest absolute Gasteiger partial charge is 0.0992 e. The van der Waals surface area contributed by atoms with Crippen molar-refractivity contribution >= 4 is 5.69 Å². The van der Waals surface area contributed by atoms with Gasteiger partial charge in [-0.25, -0.2) is 0 Å². The van der Waals surface area contributed by atoms with Gasteiger partial charge in [-0.05, 0) is 45.0 Å². The van der Waals surface area contributed by atoms with Crippen molar-refractivity contribution in [3.05, 3.63) is 29.8 Å². The van der Waals surface area contributed by atoms with Gasteiger partial charge in [-0.2, -0.15) is 5.26 Å². The van der Waals surface area contributed by atoms with E-state index in [2.05, 4.69) is 36.2 Å². The Morgan fingerprint density at radius 3 is 2.94 bits per heavy atom. The Morgan fingerprint density at radius 1 is 1.35 bits per heavy atom. The maximum atomic E-state index is 8.97. The third kappa shape index (κ3) is 2.59. The van der Waals surface area contributed by atoms with Gasteiger partial charge in [-0.15, -0.1) is 0 Å². The molecule has 1 aliphatic rings. The molecule has 0 radical (unpaired) electrons. The monoisotopic (exact) mass is 229 g/mol. The lowest BCUT2D eigenvalue weighted by atomic mass is 10.1. The zero-order valence-corrected chi connectivity index (χ0v) is 10.5. The van der Waals surface area contributed by atoms with E-state index in [4.69, 9.17) is 5.26 Å². The third-order valence-electron chi connectivity index (χ3n) is 3.40. The summed E-state index contributed by atoms with van der Waals surface area (Å²) in [5.74, 6) is 0. The first-order chi connectivity index (χ1) is 8.22. The summed E-state index contributed by atoms with van der Waals surface area (Å²) in [5.41, 5.74) is 1.90. The van der Waals surface area contributed by atoms with Crippen LogP contribution in [0.3, 0.4) is 0 Å². The first-order valence-electron chi connectivity index (χ1n) is 6.21. The van der Waals surface area contributed by atoms with E-state index in [9.17, 15) is 0 Å². The Morgan fingerprint density at radius 2 is 2.18 bits per heavy atom. The Hall–Kier alpha value is -1.53. The molecule has 1 N–H and O–H groups in total. The molecule has 2 rings (SSSR count). The molecule has 2 atom stereocenters. The van der Waals surface area contributed by atoms with E-state index in [0.717, 1.165) is 30.8 Å². The lowest BCUT2D eigenvalue weighted by Gasteiger charge is -2.34. The fraction of sp³-hybridized carbons (Fsp3) is 0.500. The Labute approximate surface area is 103 Å². The van der Waals surface area contributed by atoms with Crippen LogP contribution in [0.5, 0.6) is 0 Å². The van der Waals surface area contributed by atoms with Crippen LogP contribution in [0.4, 0.5) is 5.69 Å². The van der Waals surface area contributed by atoms with Crippen LogP contribution in [0.25, 0.3) is 0 Å². The van der Waals surface area contributed by atoms with Gasteiger partial charge in [0.25, 0.3) is 0 Å². The predicted molar refractivity (Wildman–Crippen MR) is 70.0 cm³/mol. The Balaban J connectivity index is 2.31. The highest BCUT2D eigenvalue weighted by Gasteiger charge is 2.23. The standard InChI is InChI=1S/C14H19N3/c1-11-6-7-16-10-12(2)17(11)14-5-3-4-13(8-14)9-15/h3-5,8,11-12,16H,6-7,10H2,1-2H3. The summed E-state index contributed by atoms with van der Waals surface area (Å²) in [7, 11) is 0. The van der Waals surface area contributed by atoms with E-state index < -0.39 is 0 Å². The molecular formula is C14H19N3. The van der Waals surface area contributed by atoms with Crippen molar-refractivity contribution < 1.29 is 0 Å². The van der Waals surface area contributed by atoms with Gasteiger partial charge in [0, 0.05) is 24.3 Å². The molecule has 1 aromatic rings. The molecule has 1 aliphatic heterocycles. The van der Waals surface area contributed by atoms with Crippen molar-refractivity contribution in [3.8, 4) is 6.07 Å². The number of hydrogen-bond donors (Lipinski definition) is 1. The molecule has 0 spiro atoms. The van der Waals surface area contributed by atoms with E-state index in [-0.39, 0.29) is 0 Å². The van der Waals surface area contributed by atoms with Gasteiger partial charge in [0.2, 0.25) is 0 Å². The van der Waals surface area contributed by atoms with Crippen LogP contribution >= 0.6 is 0 Å². The number of nitriles is 1. The first kappa shape index (κ1) is 11.9. The molecule has 2 unspecified atom stereocenters. The van der Waals surface area contributed by atoms with Gasteiger partial charge in [-0.1, -0.05) is 6.07 Å². The topological polar surface area (TPSA) is 39.1 Å². The third-order valence-corrected chi connectivity index (χ3v) is 3.40. The van der Waals surface area contributed by atoms with Crippen LogP contribution in [0.1, 0.15) is 25.8 Å². The number of nitrogens with one attached hydrogen (secondary N) is 1. The molecule has 0 amide bonds. The molecule has 90 valence electrons. The molecule has 3 heteroatoms. The zero-order valence-electron chi connectivity index (χ0n) is 10.5. The fourth-order valence-electron chi connectivity index (χ4n) is 2.54. The summed E-state index contributed by atoms with van der Waals surface area (Å²) in [6.45, 7) is 6.55. The van der Waals surface area contributed by atoms with Gasteiger partial charge in [0.1, 0.15) is 0 Å². The van der Waals surface area contributed by atoms with Gasteiger partial charge in [0.05, 0.1) is 11.6 Å². The molecule has 1 saturated heterocycles. The van der Waals surface area contributed by atoms with E-state index in [1.807, 2.05) is 18.2 Å². The molecule has 1 fully saturated rings. The minimum Gasteiger partial charge on any atom is -0.365 e. The molecule has 0 aliphatic carbocycles. The summed E-state index contributed by atoms with van der Waals surface area (Å²) in [6, 6.07) is 11.1. The fourth-order valence-corrected chi connectivity index (χ4v) is 2.54. The number of nitrogens with zero attached hydrogens (tertiary/aromatic N) is 2.